The van der Waals surface area contributed by atoms with Gasteiger partial charge in [-0.2, -0.15) is 10.4 Å². The van der Waals surface area contributed by atoms with Crippen molar-refractivity contribution in [3.05, 3.63) is 27.5 Å². The van der Waals surface area contributed by atoms with Gasteiger partial charge in [0.05, 0.1) is 30.8 Å². The fourth-order valence-corrected chi connectivity index (χ4v) is 4.67. The van der Waals surface area contributed by atoms with E-state index in [0.29, 0.717) is 12.0 Å². The summed E-state index contributed by atoms with van der Waals surface area (Å²) in [6.45, 7) is 9.02. The maximum atomic E-state index is 9.21. The molecular formula is C20H26N8OS. The number of nitriles is 1. The van der Waals surface area contributed by atoms with Crippen molar-refractivity contribution in [2.75, 3.05) is 43.9 Å². The van der Waals surface area contributed by atoms with E-state index in [1.165, 1.54) is 10.4 Å². The molecule has 0 aliphatic carbocycles. The topological polar surface area (TPSA) is 129 Å². The van der Waals surface area contributed by atoms with Crippen molar-refractivity contribution in [2.45, 2.75) is 33.2 Å². The van der Waals surface area contributed by atoms with Gasteiger partial charge in [0.1, 0.15) is 28.1 Å². The normalized spacial score (nSPS) is 14.8. The lowest BCUT2D eigenvalue weighted by atomic mass is 10.1. The quantitative estimate of drug-likeness (QED) is 0.491. The molecular weight excluding hydrogens is 400 g/mol. The average Bonchev–Trinajstić information content (AvgIpc) is 3.24. The molecule has 10 heteroatoms. The maximum absolute atomic E-state index is 9.21. The van der Waals surface area contributed by atoms with E-state index in [-0.39, 0.29) is 5.82 Å². The van der Waals surface area contributed by atoms with Crippen LogP contribution >= 0.6 is 11.3 Å². The first-order valence-electron chi connectivity index (χ1n) is 10.1. The van der Waals surface area contributed by atoms with Crippen LogP contribution in [0.4, 0.5) is 11.6 Å². The van der Waals surface area contributed by atoms with Crippen molar-refractivity contribution >= 4 is 33.2 Å². The smallest absolute Gasteiger partial charge is 0.163 e. The molecule has 158 valence electrons. The summed E-state index contributed by atoms with van der Waals surface area (Å²) < 4.78 is 5.44. The van der Waals surface area contributed by atoms with Gasteiger partial charge >= 0.3 is 0 Å². The molecule has 1 fully saturated rings. The Kier molecular flexibility index (Phi) is 6.13. The summed E-state index contributed by atoms with van der Waals surface area (Å²) in [5, 5.41) is 20.6. The van der Waals surface area contributed by atoms with Gasteiger partial charge < -0.3 is 15.8 Å². The van der Waals surface area contributed by atoms with E-state index in [9.17, 15) is 5.26 Å². The number of aromatic amines is 1. The van der Waals surface area contributed by atoms with Gasteiger partial charge in [0.2, 0.25) is 0 Å². The third kappa shape index (κ3) is 4.23. The fourth-order valence-electron chi connectivity index (χ4n) is 3.62. The molecule has 4 N–H and O–H groups in total. The summed E-state index contributed by atoms with van der Waals surface area (Å²) in [4.78, 5) is 14.3. The molecule has 3 aromatic heterocycles. The lowest BCUT2D eigenvalue weighted by Gasteiger charge is -2.25. The van der Waals surface area contributed by atoms with E-state index in [1.807, 2.05) is 0 Å². The van der Waals surface area contributed by atoms with E-state index in [0.717, 1.165) is 73.4 Å². The van der Waals surface area contributed by atoms with Gasteiger partial charge in [-0.25, -0.2) is 9.97 Å². The van der Waals surface area contributed by atoms with Crippen LogP contribution in [0.5, 0.6) is 0 Å². The minimum Gasteiger partial charge on any atom is -0.381 e. The zero-order valence-electron chi connectivity index (χ0n) is 17.3. The summed E-state index contributed by atoms with van der Waals surface area (Å²) in [5.41, 5.74) is 8.16. The molecule has 0 aromatic carbocycles. The van der Waals surface area contributed by atoms with Crippen molar-refractivity contribution < 1.29 is 4.74 Å². The fraction of sp³-hybridized carbons (Fsp3) is 0.500. The van der Waals surface area contributed by atoms with Crippen molar-refractivity contribution in [2.24, 2.45) is 0 Å². The SMILES string of the molecule is Cc1sc2nc(CN3CCOCC3)nc(NCCCc3[nH]nc(N)c3C#N)c2c1C. The first-order valence-corrected chi connectivity index (χ1v) is 10.9. The molecule has 3 aromatic rings. The Labute approximate surface area is 179 Å². The Bertz CT molecular complexity index is 1080. The number of nitrogens with one attached hydrogen (secondary N) is 2. The van der Waals surface area contributed by atoms with Crippen LogP contribution in [0.3, 0.4) is 0 Å². The first-order chi connectivity index (χ1) is 14.6. The van der Waals surface area contributed by atoms with Crippen molar-refractivity contribution in [3.8, 4) is 6.07 Å². The molecule has 0 unspecified atom stereocenters. The van der Waals surface area contributed by atoms with E-state index in [2.05, 4.69) is 40.3 Å². The molecule has 1 saturated heterocycles. The molecule has 1 aliphatic rings. The number of hydrogen-bond acceptors (Lipinski definition) is 9. The largest absolute Gasteiger partial charge is 0.381 e. The van der Waals surface area contributed by atoms with Gasteiger partial charge in [-0.05, 0) is 32.3 Å². The van der Waals surface area contributed by atoms with Crippen molar-refractivity contribution in [1.82, 2.24) is 25.1 Å². The molecule has 0 saturated carbocycles. The predicted octanol–water partition coefficient (Wildman–Crippen LogP) is 2.36. The van der Waals surface area contributed by atoms with Crippen molar-refractivity contribution in [1.29, 1.82) is 5.26 Å². The van der Waals surface area contributed by atoms with Crippen molar-refractivity contribution in [3.63, 3.8) is 0 Å². The molecule has 0 bridgehead atoms. The van der Waals surface area contributed by atoms with Gasteiger partial charge in [0.25, 0.3) is 0 Å². The summed E-state index contributed by atoms with van der Waals surface area (Å²) in [6.07, 6.45) is 1.51. The Hall–Kier alpha value is -2.74. The number of hydrogen-bond donors (Lipinski definition) is 3. The zero-order valence-corrected chi connectivity index (χ0v) is 18.1. The number of nitrogens with zero attached hydrogens (tertiary/aromatic N) is 5. The van der Waals surface area contributed by atoms with E-state index in [4.69, 9.17) is 20.4 Å². The Morgan fingerprint density at radius 1 is 1.30 bits per heavy atom. The standard InChI is InChI=1S/C20H26N8OS/c1-12-13(2)30-20-17(12)19(24-16(25-20)11-28-6-8-29-9-7-28)23-5-3-4-15-14(10-21)18(22)27-26-15/h3-9,11H2,1-2H3,(H3,22,26,27)(H,23,24,25). The van der Waals surface area contributed by atoms with Crippen LogP contribution in [0.1, 0.15) is 33.9 Å². The number of fused-ring (bicyclic) bond motifs is 1. The Balaban J connectivity index is 1.49. The van der Waals surface area contributed by atoms with Crippen LogP contribution in [-0.2, 0) is 17.7 Å². The zero-order chi connectivity index (χ0) is 21.1. The van der Waals surface area contributed by atoms with Crippen LogP contribution in [0.2, 0.25) is 0 Å². The molecule has 9 nitrogen and oxygen atoms in total. The maximum Gasteiger partial charge on any atom is 0.163 e. The van der Waals surface area contributed by atoms with Gasteiger partial charge in [-0.15, -0.1) is 11.3 Å². The van der Waals surface area contributed by atoms with Crippen LogP contribution in [0, 0.1) is 25.2 Å². The number of nitrogen functional groups attached to an aromatic ring is 1. The summed E-state index contributed by atoms with van der Waals surface area (Å²) in [7, 11) is 0. The van der Waals surface area contributed by atoms with Gasteiger partial charge in [-0.1, -0.05) is 0 Å². The summed E-state index contributed by atoms with van der Waals surface area (Å²) in [6, 6.07) is 2.11. The van der Waals surface area contributed by atoms with Gasteiger partial charge in [0, 0.05) is 24.5 Å². The van der Waals surface area contributed by atoms with E-state index >= 15 is 0 Å². The Morgan fingerprint density at radius 3 is 2.87 bits per heavy atom. The van der Waals surface area contributed by atoms with Crippen LogP contribution in [-0.4, -0.2) is 57.9 Å². The molecule has 0 atom stereocenters. The number of anilines is 2. The second-order valence-electron chi connectivity index (χ2n) is 7.44. The highest BCUT2D eigenvalue weighted by molar-refractivity contribution is 7.18. The first kappa shape index (κ1) is 20.5. The third-order valence-corrected chi connectivity index (χ3v) is 6.52. The lowest BCUT2D eigenvalue weighted by molar-refractivity contribution is 0.0331. The number of thiophene rings is 1. The average molecular weight is 427 g/mol. The number of morpholine rings is 1. The highest BCUT2D eigenvalue weighted by Crippen LogP contribution is 2.33. The molecule has 1 aliphatic heterocycles. The number of aromatic nitrogens is 4. The monoisotopic (exact) mass is 426 g/mol. The third-order valence-electron chi connectivity index (χ3n) is 5.42. The lowest BCUT2D eigenvalue weighted by Crippen LogP contribution is -2.36. The molecule has 4 rings (SSSR count). The van der Waals surface area contributed by atoms with Crippen LogP contribution in [0.25, 0.3) is 10.2 Å². The second kappa shape index (κ2) is 8.95. The highest BCUT2D eigenvalue weighted by atomic mass is 32.1. The van der Waals surface area contributed by atoms with E-state index in [1.54, 1.807) is 11.3 Å². The number of rotatable bonds is 7. The second-order valence-corrected chi connectivity index (χ2v) is 8.65. The van der Waals surface area contributed by atoms with Gasteiger partial charge in [0.15, 0.2) is 5.82 Å². The Morgan fingerprint density at radius 2 is 2.10 bits per heavy atom. The molecule has 0 spiro atoms. The van der Waals surface area contributed by atoms with Crippen LogP contribution < -0.4 is 11.1 Å². The molecule has 30 heavy (non-hydrogen) atoms. The molecule has 0 amide bonds. The molecule has 0 radical (unpaired) electrons. The molecule has 4 heterocycles. The van der Waals surface area contributed by atoms with Crippen LogP contribution in [0.15, 0.2) is 0 Å². The highest BCUT2D eigenvalue weighted by Gasteiger charge is 2.18. The minimum absolute atomic E-state index is 0.259. The van der Waals surface area contributed by atoms with Gasteiger partial charge in [-0.3, -0.25) is 10.00 Å². The predicted molar refractivity (Wildman–Crippen MR) is 118 cm³/mol. The minimum atomic E-state index is 0.259. The number of aryl methyl sites for hydroxylation is 3. The summed E-state index contributed by atoms with van der Waals surface area (Å²) in [5.74, 6) is 1.98. The number of nitrogens with two attached hydrogens (primary N) is 1. The number of ether oxygens (including phenoxy) is 1. The van der Waals surface area contributed by atoms with E-state index < -0.39 is 0 Å². The number of H-pyrrole nitrogens is 1. The summed E-state index contributed by atoms with van der Waals surface area (Å²) >= 11 is 1.72.